The molecule has 0 radical (unpaired) electrons. The van der Waals surface area contributed by atoms with Crippen LogP contribution in [0, 0.1) is 0 Å². The van der Waals surface area contributed by atoms with Gasteiger partial charge in [0.25, 0.3) is 0 Å². The molecule has 0 fully saturated rings. The number of aliphatic carboxylic acids is 1. The van der Waals surface area contributed by atoms with Crippen LogP contribution in [0.15, 0.2) is 24.3 Å². The fourth-order valence-corrected chi connectivity index (χ4v) is 1.83. The van der Waals surface area contributed by atoms with Gasteiger partial charge in [-0.2, -0.15) is 0 Å². The highest BCUT2D eigenvalue weighted by atomic mass is 35.5. The molecule has 104 valence electrons. The van der Waals surface area contributed by atoms with Crippen LogP contribution in [0.5, 0.6) is 0 Å². The second-order valence-corrected chi connectivity index (χ2v) is 5.50. The largest absolute Gasteiger partial charge is 0.481 e. The predicted octanol–water partition coefficient (Wildman–Crippen LogP) is 2.60. The lowest BCUT2D eigenvalue weighted by Gasteiger charge is -2.25. The van der Waals surface area contributed by atoms with Crippen LogP contribution < -0.4 is 5.32 Å². The van der Waals surface area contributed by atoms with Gasteiger partial charge in [0.2, 0.25) is 5.91 Å². The lowest BCUT2D eigenvalue weighted by atomic mass is 9.84. The summed E-state index contributed by atoms with van der Waals surface area (Å²) in [7, 11) is 0. The topological polar surface area (TPSA) is 66.4 Å². The molecule has 1 aromatic rings. The van der Waals surface area contributed by atoms with Crippen LogP contribution >= 0.6 is 11.6 Å². The van der Waals surface area contributed by atoms with Gasteiger partial charge in [-0.05, 0) is 17.7 Å². The summed E-state index contributed by atoms with van der Waals surface area (Å²) in [6.07, 6.45) is -0.148. The van der Waals surface area contributed by atoms with Crippen LogP contribution in [0.4, 0.5) is 0 Å². The van der Waals surface area contributed by atoms with Crippen molar-refractivity contribution < 1.29 is 14.7 Å². The van der Waals surface area contributed by atoms with Crippen LogP contribution in [0.1, 0.15) is 32.3 Å². The zero-order chi connectivity index (χ0) is 14.5. The first kappa shape index (κ1) is 15.5. The number of benzene rings is 1. The van der Waals surface area contributed by atoms with Crippen LogP contribution in [0.3, 0.4) is 0 Å². The highest BCUT2D eigenvalue weighted by molar-refractivity contribution is 6.30. The van der Waals surface area contributed by atoms with Crippen LogP contribution in [-0.4, -0.2) is 23.5 Å². The Balaban J connectivity index is 2.55. The van der Waals surface area contributed by atoms with Gasteiger partial charge >= 0.3 is 5.97 Å². The third kappa shape index (κ3) is 5.30. The molecule has 0 saturated carbocycles. The zero-order valence-electron chi connectivity index (χ0n) is 11.1. The van der Waals surface area contributed by atoms with E-state index in [1.165, 1.54) is 0 Å². The molecule has 0 aliphatic rings. The smallest absolute Gasteiger partial charge is 0.303 e. The summed E-state index contributed by atoms with van der Waals surface area (Å²) >= 11 is 5.95. The van der Waals surface area contributed by atoms with Gasteiger partial charge in [0.15, 0.2) is 0 Å². The maximum Gasteiger partial charge on any atom is 0.303 e. The molecule has 0 aromatic heterocycles. The summed E-state index contributed by atoms with van der Waals surface area (Å²) in [6.45, 7) is 4.43. The summed E-state index contributed by atoms with van der Waals surface area (Å²) in [5, 5.41) is 11.9. The van der Waals surface area contributed by atoms with Crippen molar-refractivity contribution in [1.82, 2.24) is 5.32 Å². The standard InChI is InChI=1S/C14H18ClNO3/c1-14(2,10-4-3-5-11(15)8-10)9-16-12(17)6-7-13(18)19/h3-5,8H,6-7,9H2,1-2H3,(H,16,17)(H,18,19). The molecule has 0 saturated heterocycles. The average Bonchev–Trinajstić information content (AvgIpc) is 2.34. The summed E-state index contributed by atoms with van der Waals surface area (Å²) in [6, 6.07) is 7.48. The molecule has 0 aliphatic heterocycles. The molecule has 1 aromatic carbocycles. The number of hydrogen-bond acceptors (Lipinski definition) is 2. The van der Waals surface area contributed by atoms with E-state index >= 15 is 0 Å². The quantitative estimate of drug-likeness (QED) is 0.843. The Labute approximate surface area is 117 Å². The predicted molar refractivity (Wildman–Crippen MR) is 74.4 cm³/mol. The number of amides is 1. The molecule has 0 atom stereocenters. The fraction of sp³-hybridized carbons (Fsp3) is 0.429. The van der Waals surface area contributed by atoms with E-state index in [-0.39, 0.29) is 24.2 Å². The lowest BCUT2D eigenvalue weighted by molar-refractivity contribution is -0.138. The maximum atomic E-state index is 11.5. The van der Waals surface area contributed by atoms with E-state index in [0.717, 1.165) is 5.56 Å². The van der Waals surface area contributed by atoms with Gasteiger partial charge in [-0.1, -0.05) is 37.6 Å². The van der Waals surface area contributed by atoms with Crippen molar-refractivity contribution in [3.63, 3.8) is 0 Å². The number of nitrogens with one attached hydrogen (secondary N) is 1. The molecule has 0 spiro atoms. The first-order chi connectivity index (χ1) is 8.81. The van der Waals surface area contributed by atoms with Crippen LogP contribution in [-0.2, 0) is 15.0 Å². The molecular weight excluding hydrogens is 266 g/mol. The van der Waals surface area contributed by atoms with E-state index in [1.54, 1.807) is 6.07 Å². The number of rotatable bonds is 6. The number of carboxylic acid groups (broad SMARTS) is 1. The first-order valence-corrected chi connectivity index (χ1v) is 6.43. The second kappa shape index (κ2) is 6.57. The van der Waals surface area contributed by atoms with Gasteiger partial charge in [-0.25, -0.2) is 0 Å². The maximum absolute atomic E-state index is 11.5. The number of carboxylic acids is 1. The summed E-state index contributed by atoms with van der Waals surface area (Å²) < 4.78 is 0. The minimum absolute atomic E-state index is 0.000952. The van der Waals surface area contributed by atoms with E-state index in [0.29, 0.717) is 11.6 Å². The monoisotopic (exact) mass is 283 g/mol. The second-order valence-electron chi connectivity index (χ2n) is 5.06. The molecule has 1 amide bonds. The van der Waals surface area contributed by atoms with E-state index < -0.39 is 5.97 Å². The van der Waals surface area contributed by atoms with E-state index in [1.807, 2.05) is 32.0 Å². The minimum atomic E-state index is -0.968. The van der Waals surface area contributed by atoms with E-state index in [9.17, 15) is 9.59 Å². The fourth-order valence-electron chi connectivity index (χ4n) is 1.64. The third-order valence-corrected chi connectivity index (χ3v) is 3.13. The van der Waals surface area contributed by atoms with Gasteiger partial charge in [0.1, 0.15) is 0 Å². The summed E-state index contributed by atoms with van der Waals surface area (Å²) in [5.41, 5.74) is 0.766. The van der Waals surface area contributed by atoms with Gasteiger partial charge < -0.3 is 10.4 Å². The van der Waals surface area contributed by atoms with Crippen molar-refractivity contribution in [2.45, 2.75) is 32.1 Å². The van der Waals surface area contributed by atoms with Crippen molar-refractivity contribution >= 4 is 23.5 Å². The van der Waals surface area contributed by atoms with Crippen molar-refractivity contribution in [1.29, 1.82) is 0 Å². The van der Waals surface area contributed by atoms with Gasteiger partial charge in [-0.3, -0.25) is 9.59 Å². The normalized spacial score (nSPS) is 11.1. The number of halogens is 1. The van der Waals surface area contributed by atoms with Gasteiger partial charge in [-0.15, -0.1) is 0 Å². The Kier molecular flexibility index (Phi) is 5.36. The number of hydrogen-bond donors (Lipinski definition) is 2. The number of carbonyl (C=O) groups excluding carboxylic acids is 1. The van der Waals surface area contributed by atoms with Crippen molar-refractivity contribution in [3.05, 3.63) is 34.9 Å². The highest BCUT2D eigenvalue weighted by Gasteiger charge is 2.21. The number of carbonyl (C=O) groups is 2. The highest BCUT2D eigenvalue weighted by Crippen LogP contribution is 2.24. The SMILES string of the molecule is CC(C)(CNC(=O)CCC(=O)O)c1cccc(Cl)c1. The molecule has 0 unspecified atom stereocenters. The Morgan fingerprint density at radius 1 is 1.32 bits per heavy atom. The third-order valence-electron chi connectivity index (χ3n) is 2.90. The van der Waals surface area contributed by atoms with Crippen LogP contribution in [0.25, 0.3) is 0 Å². The Hall–Kier alpha value is -1.55. The molecule has 0 bridgehead atoms. The molecule has 1 rings (SSSR count). The minimum Gasteiger partial charge on any atom is -0.481 e. The summed E-state index contributed by atoms with van der Waals surface area (Å²) in [4.78, 5) is 21.9. The molecule has 19 heavy (non-hydrogen) atoms. The van der Waals surface area contributed by atoms with Crippen molar-refractivity contribution in [2.24, 2.45) is 0 Å². The Bertz CT molecular complexity index is 472. The molecule has 5 heteroatoms. The molecule has 2 N–H and O–H groups in total. The van der Waals surface area contributed by atoms with Gasteiger partial charge in [0.05, 0.1) is 6.42 Å². The molecule has 4 nitrogen and oxygen atoms in total. The average molecular weight is 284 g/mol. The molecule has 0 heterocycles. The Morgan fingerprint density at radius 3 is 2.58 bits per heavy atom. The van der Waals surface area contributed by atoms with Crippen molar-refractivity contribution in [3.8, 4) is 0 Å². The van der Waals surface area contributed by atoms with Gasteiger partial charge in [0, 0.05) is 23.4 Å². The van der Waals surface area contributed by atoms with E-state index in [2.05, 4.69) is 5.32 Å². The van der Waals surface area contributed by atoms with E-state index in [4.69, 9.17) is 16.7 Å². The summed E-state index contributed by atoms with van der Waals surface area (Å²) in [5.74, 6) is -1.22. The molecule has 0 aliphatic carbocycles. The zero-order valence-corrected chi connectivity index (χ0v) is 11.8. The van der Waals surface area contributed by atoms with Crippen LogP contribution in [0.2, 0.25) is 5.02 Å². The van der Waals surface area contributed by atoms with Crippen molar-refractivity contribution in [2.75, 3.05) is 6.54 Å². The Morgan fingerprint density at radius 2 is 2.00 bits per heavy atom. The lowest BCUT2D eigenvalue weighted by Crippen LogP contribution is -2.36. The first-order valence-electron chi connectivity index (χ1n) is 6.06. The molecular formula is C14H18ClNO3.